The predicted octanol–water partition coefficient (Wildman–Crippen LogP) is 2.88. The van der Waals surface area contributed by atoms with Crippen LogP contribution in [0.5, 0.6) is 5.75 Å². The van der Waals surface area contributed by atoms with Crippen LogP contribution in [-0.2, 0) is 9.59 Å². The molecule has 176 valence electrons. The van der Waals surface area contributed by atoms with Gasteiger partial charge in [-0.2, -0.15) is 0 Å². The number of hydrogen-bond acceptors (Lipinski definition) is 4. The highest BCUT2D eigenvalue weighted by Crippen LogP contribution is 2.36. The van der Waals surface area contributed by atoms with Crippen molar-refractivity contribution in [3.8, 4) is 5.75 Å². The molecule has 4 rings (SSSR count). The molecule has 0 aromatic heterocycles. The highest BCUT2D eigenvalue weighted by atomic mass is 35.5. The van der Waals surface area contributed by atoms with E-state index < -0.39 is 6.04 Å². The minimum atomic E-state index is -0.651. The molecule has 2 aromatic rings. The first-order chi connectivity index (χ1) is 16.5. The summed E-state index contributed by atoms with van der Waals surface area (Å²) in [6, 6.07) is 15.3. The molecule has 0 fully saturated rings. The Morgan fingerprint density at radius 3 is 2.74 bits per heavy atom. The zero-order chi connectivity index (χ0) is 24.1. The second-order valence-electron chi connectivity index (χ2n) is 7.87. The fraction of sp³-hybridized carbons (Fsp3) is 0.240. The van der Waals surface area contributed by atoms with Crippen LogP contribution in [0.15, 0.2) is 78.5 Å². The SMILES string of the molecule is C=CCN1C(=O)NC(c2cccc(Cl)c2)C2=C1CN(CC(=O)NCCOc1ccccc1)C2=O. The van der Waals surface area contributed by atoms with E-state index in [2.05, 4.69) is 17.2 Å². The van der Waals surface area contributed by atoms with Gasteiger partial charge in [0.2, 0.25) is 5.91 Å². The summed E-state index contributed by atoms with van der Waals surface area (Å²) >= 11 is 6.14. The number of para-hydroxylation sites is 1. The lowest BCUT2D eigenvalue weighted by atomic mass is 9.95. The zero-order valence-corrected chi connectivity index (χ0v) is 19.3. The second-order valence-corrected chi connectivity index (χ2v) is 8.31. The summed E-state index contributed by atoms with van der Waals surface area (Å²) in [5.41, 5.74) is 1.70. The number of halogens is 1. The fourth-order valence-corrected chi connectivity index (χ4v) is 4.24. The summed E-state index contributed by atoms with van der Waals surface area (Å²) in [5, 5.41) is 6.16. The van der Waals surface area contributed by atoms with Gasteiger partial charge in [-0.15, -0.1) is 6.58 Å². The van der Waals surface area contributed by atoms with E-state index in [4.69, 9.17) is 16.3 Å². The Morgan fingerprint density at radius 2 is 2.00 bits per heavy atom. The van der Waals surface area contributed by atoms with Gasteiger partial charge in [0.1, 0.15) is 18.9 Å². The molecule has 0 saturated heterocycles. The molecule has 8 nitrogen and oxygen atoms in total. The molecule has 2 aliphatic rings. The summed E-state index contributed by atoms with van der Waals surface area (Å²) in [6.45, 7) is 4.59. The number of urea groups is 1. The Morgan fingerprint density at radius 1 is 1.21 bits per heavy atom. The molecule has 0 aliphatic carbocycles. The average molecular weight is 481 g/mol. The van der Waals surface area contributed by atoms with Gasteiger partial charge in [0.15, 0.2) is 0 Å². The summed E-state index contributed by atoms with van der Waals surface area (Å²) in [5.74, 6) is 0.110. The lowest BCUT2D eigenvalue weighted by molar-refractivity contribution is -0.131. The lowest BCUT2D eigenvalue weighted by Crippen LogP contribution is -2.47. The largest absolute Gasteiger partial charge is 0.492 e. The van der Waals surface area contributed by atoms with Crippen LogP contribution < -0.4 is 15.4 Å². The van der Waals surface area contributed by atoms with Gasteiger partial charge in [0, 0.05) is 11.6 Å². The standard InChI is InChI=1S/C25H25ClN4O4/c1-2-12-30-20-15-29(16-21(31)27-11-13-34-19-9-4-3-5-10-19)24(32)22(20)23(28-25(30)33)17-7-6-8-18(26)14-17/h2-10,14,23H,1,11-13,15-16H2,(H,27,31)(H,28,33). The number of rotatable bonds is 9. The monoisotopic (exact) mass is 480 g/mol. The Bertz CT molecular complexity index is 1130. The highest BCUT2D eigenvalue weighted by molar-refractivity contribution is 6.30. The van der Waals surface area contributed by atoms with Gasteiger partial charge in [-0.3, -0.25) is 14.5 Å². The smallest absolute Gasteiger partial charge is 0.322 e. The van der Waals surface area contributed by atoms with Gasteiger partial charge in [0.25, 0.3) is 5.91 Å². The van der Waals surface area contributed by atoms with Crippen LogP contribution in [0.25, 0.3) is 0 Å². The van der Waals surface area contributed by atoms with E-state index in [1.807, 2.05) is 30.3 Å². The van der Waals surface area contributed by atoms with E-state index in [0.717, 1.165) is 5.75 Å². The number of carbonyl (C=O) groups is 3. The van der Waals surface area contributed by atoms with Gasteiger partial charge in [-0.25, -0.2) is 4.79 Å². The number of nitrogens with zero attached hydrogens (tertiary/aromatic N) is 2. The highest BCUT2D eigenvalue weighted by Gasteiger charge is 2.44. The maximum Gasteiger partial charge on any atom is 0.322 e. The Kier molecular flexibility index (Phi) is 7.18. The molecule has 9 heteroatoms. The van der Waals surface area contributed by atoms with E-state index >= 15 is 0 Å². The first kappa shape index (κ1) is 23.4. The minimum absolute atomic E-state index is 0.129. The van der Waals surface area contributed by atoms with Crippen molar-refractivity contribution in [1.29, 1.82) is 0 Å². The molecule has 0 radical (unpaired) electrons. The summed E-state index contributed by atoms with van der Waals surface area (Å²) < 4.78 is 5.57. The number of nitrogens with one attached hydrogen (secondary N) is 2. The Labute approximate surface area is 202 Å². The summed E-state index contributed by atoms with van der Waals surface area (Å²) in [4.78, 5) is 41.6. The van der Waals surface area contributed by atoms with Crippen molar-refractivity contribution in [3.05, 3.63) is 89.1 Å². The van der Waals surface area contributed by atoms with E-state index in [0.29, 0.717) is 35.0 Å². The molecule has 0 saturated carbocycles. The molecule has 1 atom stereocenters. The van der Waals surface area contributed by atoms with Gasteiger partial charge >= 0.3 is 6.03 Å². The van der Waals surface area contributed by atoms with Gasteiger partial charge in [0.05, 0.1) is 30.4 Å². The third-order valence-corrected chi connectivity index (χ3v) is 5.80. The first-order valence-electron chi connectivity index (χ1n) is 10.9. The minimum Gasteiger partial charge on any atom is -0.492 e. The second kappa shape index (κ2) is 10.4. The van der Waals surface area contributed by atoms with E-state index in [9.17, 15) is 14.4 Å². The van der Waals surface area contributed by atoms with E-state index in [1.165, 1.54) is 9.80 Å². The molecule has 0 spiro atoms. The molecule has 2 N–H and O–H groups in total. The van der Waals surface area contributed by atoms with Crippen molar-refractivity contribution in [1.82, 2.24) is 20.4 Å². The topological polar surface area (TPSA) is 91.0 Å². The maximum atomic E-state index is 13.3. The number of benzene rings is 2. The molecule has 2 heterocycles. The lowest BCUT2D eigenvalue weighted by Gasteiger charge is -2.33. The van der Waals surface area contributed by atoms with Crippen LogP contribution >= 0.6 is 11.6 Å². The third-order valence-electron chi connectivity index (χ3n) is 5.56. The van der Waals surface area contributed by atoms with Crippen molar-refractivity contribution in [2.75, 3.05) is 32.8 Å². The van der Waals surface area contributed by atoms with Crippen LogP contribution in [0.4, 0.5) is 4.79 Å². The molecule has 2 aromatic carbocycles. The first-order valence-corrected chi connectivity index (χ1v) is 11.3. The van der Waals surface area contributed by atoms with E-state index in [1.54, 1.807) is 30.3 Å². The molecular formula is C25H25ClN4O4. The number of amides is 4. The van der Waals surface area contributed by atoms with Crippen molar-refractivity contribution in [2.45, 2.75) is 6.04 Å². The Hall–Kier alpha value is -3.78. The van der Waals surface area contributed by atoms with Crippen LogP contribution in [0.3, 0.4) is 0 Å². The molecule has 4 amide bonds. The quantitative estimate of drug-likeness (QED) is 0.426. The van der Waals surface area contributed by atoms with Gasteiger partial charge in [-0.05, 0) is 29.8 Å². The third kappa shape index (κ3) is 5.07. The van der Waals surface area contributed by atoms with Gasteiger partial charge in [-0.1, -0.05) is 48.0 Å². The van der Waals surface area contributed by atoms with E-state index in [-0.39, 0.29) is 37.5 Å². The normalized spacial score (nSPS) is 17.4. The Balaban J connectivity index is 1.43. The molecule has 1 unspecified atom stereocenters. The number of carbonyl (C=O) groups excluding carboxylic acids is 3. The zero-order valence-electron chi connectivity index (χ0n) is 18.5. The summed E-state index contributed by atoms with van der Waals surface area (Å²) in [7, 11) is 0. The van der Waals surface area contributed by atoms with Crippen molar-refractivity contribution < 1.29 is 19.1 Å². The molecule has 2 aliphatic heterocycles. The van der Waals surface area contributed by atoms with Crippen LogP contribution in [0, 0.1) is 0 Å². The van der Waals surface area contributed by atoms with Crippen LogP contribution in [0.1, 0.15) is 11.6 Å². The average Bonchev–Trinajstić information content (AvgIpc) is 3.15. The fourth-order valence-electron chi connectivity index (χ4n) is 4.04. The molecule has 0 bridgehead atoms. The molecule has 34 heavy (non-hydrogen) atoms. The maximum absolute atomic E-state index is 13.3. The predicted molar refractivity (Wildman–Crippen MR) is 128 cm³/mol. The van der Waals surface area contributed by atoms with Crippen molar-refractivity contribution in [2.24, 2.45) is 0 Å². The van der Waals surface area contributed by atoms with Crippen LogP contribution in [-0.4, -0.2) is 60.4 Å². The van der Waals surface area contributed by atoms with Gasteiger partial charge < -0.3 is 20.3 Å². The summed E-state index contributed by atoms with van der Waals surface area (Å²) in [6.07, 6.45) is 1.59. The number of ether oxygens (including phenoxy) is 1. The van der Waals surface area contributed by atoms with Crippen LogP contribution in [0.2, 0.25) is 5.02 Å². The van der Waals surface area contributed by atoms with Crippen molar-refractivity contribution >= 4 is 29.4 Å². The number of hydrogen-bond donors (Lipinski definition) is 2. The molecular weight excluding hydrogens is 456 g/mol. The van der Waals surface area contributed by atoms with Crippen molar-refractivity contribution in [3.63, 3.8) is 0 Å².